The third-order valence-electron chi connectivity index (χ3n) is 3.60. The van der Waals surface area contributed by atoms with E-state index in [0.717, 1.165) is 0 Å². The number of anilines is 1. The number of hydrogen-bond acceptors (Lipinski definition) is 4. The van der Waals surface area contributed by atoms with Crippen LogP contribution in [0.4, 0.5) is 5.69 Å². The van der Waals surface area contributed by atoms with Gasteiger partial charge in [-0.1, -0.05) is 23.2 Å². The summed E-state index contributed by atoms with van der Waals surface area (Å²) in [6.07, 6.45) is 6.35. The van der Waals surface area contributed by atoms with E-state index in [-0.39, 0.29) is 5.91 Å². The van der Waals surface area contributed by atoms with Gasteiger partial charge in [0.2, 0.25) is 0 Å². The van der Waals surface area contributed by atoms with Crippen molar-refractivity contribution in [3.05, 3.63) is 64.7 Å². The Kier molecular flexibility index (Phi) is 3.87. The van der Waals surface area contributed by atoms with E-state index < -0.39 is 0 Å². The van der Waals surface area contributed by atoms with Crippen molar-refractivity contribution in [2.24, 2.45) is 0 Å². The van der Waals surface area contributed by atoms with E-state index in [1.807, 2.05) is 0 Å². The van der Waals surface area contributed by atoms with Gasteiger partial charge in [0.15, 0.2) is 5.65 Å². The first kappa shape index (κ1) is 15.6. The lowest BCUT2D eigenvalue weighted by atomic mass is 10.1. The first-order valence-corrected chi connectivity index (χ1v) is 7.98. The molecule has 124 valence electrons. The number of fused-ring (bicyclic) bond motifs is 1. The van der Waals surface area contributed by atoms with Gasteiger partial charge >= 0.3 is 0 Å². The van der Waals surface area contributed by atoms with Gasteiger partial charge < -0.3 is 5.32 Å². The molecule has 4 aromatic rings. The average Bonchev–Trinajstić information content (AvgIpc) is 3.23. The second-order valence-electron chi connectivity index (χ2n) is 5.17. The van der Waals surface area contributed by atoms with Gasteiger partial charge in [-0.25, -0.2) is 9.50 Å². The molecule has 25 heavy (non-hydrogen) atoms. The van der Waals surface area contributed by atoms with Gasteiger partial charge in [0.05, 0.1) is 16.9 Å². The van der Waals surface area contributed by atoms with E-state index in [0.29, 0.717) is 38.2 Å². The number of aromatic amines is 1. The van der Waals surface area contributed by atoms with E-state index in [1.54, 1.807) is 42.9 Å². The van der Waals surface area contributed by atoms with Crippen molar-refractivity contribution in [2.45, 2.75) is 0 Å². The number of amides is 1. The zero-order valence-corrected chi connectivity index (χ0v) is 14.1. The number of carbonyl (C=O) groups is 1. The molecule has 0 unspecified atom stereocenters. The van der Waals surface area contributed by atoms with Crippen molar-refractivity contribution >= 4 is 40.4 Å². The lowest BCUT2D eigenvalue weighted by molar-refractivity contribution is 0.102. The summed E-state index contributed by atoms with van der Waals surface area (Å²) in [7, 11) is 0. The Morgan fingerprint density at radius 1 is 1.28 bits per heavy atom. The van der Waals surface area contributed by atoms with Crippen LogP contribution in [0.2, 0.25) is 10.0 Å². The largest absolute Gasteiger partial charge is 0.319 e. The monoisotopic (exact) mass is 372 g/mol. The van der Waals surface area contributed by atoms with E-state index in [1.165, 1.54) is 10.7 Å². The summed E-state index contributed by atoms with van der Waals surface area (Å²) in [5.74, 6) is -0.352. The summed E-state index contributed by atoms with van der Waals surface area (Å²) >= 11 is 12.3. The molecular weight excluding hydrogens is 363 g/mol. The topological polar surface area (TPSA) is 88.0 Å². The number of nitrogens with zero attached hydrogens (tertiary/aromatic N) is 4. The lowest BCUT2D eigenvalue weighted by Gasteiger charge is -2.06. The van der Waals surface area contributed by atoms with Crippen molar-refractivity contribution in [3.63, 3.8) is 0 Å². The maximum absolute atomic E-state index is 12.6. The Bertz CT molecular complexity index is 1090. The molecular formula is C16H10Cl2N6O. The van der Waals surface area contributed by atoms with Gasteiger partial charge in [-0.15, -0.1) is 0 Å². The third-order valence-corrected chi connectivity index (χ3v) is 4.16. The highest BCUT2D eigenvalue weighted by molar-refractivity contribution is 6.35. The molecule has 2 N–H and O–H groups in total. The fraction of sp³-hybridized carbons (Fsp3) is 0. The number of nitrogens with one attached hydrogen (secondary N) is 2. The minimum Gasteiger partial charge on any atom is -0.319 e. The molecule has 3 heterocycles. The van der Waals surface area contributed by atoms with Crippen molar-refractivity contribution in [3.8, 4) is 11.3 Å². The first-order chi connectivity index (χ1) is 12.1. The number of hydrogen-bond donors (Lipinski definition) is 2. The third kappa shape index (κ3) is 2.84. The number of carbonyl (C=O) groups excluding carboxylic acids is 1. The minimum absolute atomic E-state index is 0.352. The maximum atomic E-state index is 12.6. The van der Waals surface area contributed by atoms with Gasteiger partial charge in [-0.05, 0) is 24.3 Å². The SMILES string of the molecule is O=C(Nc1c[nH]nc1-c1cc(Cl)ccc1Cl)c1cnn2cccnc12. The molecule has 0 bridgehead atoms. The van der Waals surface area contributed by atoms with Crippen LogP contribution >= 0.6 is 23.2 Å². The van der Waals surface area contributed by atoms with Crippen LogP contribution in [0.1, 0.15) is 10.4 Å². The molecule has 0 atom stereocenters. The Labute approximate surface area is 151 Å². The van der Waals surface area contributed by atoms with Crippen LogP contribution in [0.15, 0.2) is 49.1 Å². The first-order valence-electron chi connectivity index (χ1n) is 7.22. The molecule has 0 fully saturated rings. The van der Waals surface area contributed by atoms with Gasteiger partial charge in [0.25, 0.3) is 5.91 Å². The molecule has 0 saturated carbocycles. The van der Waals surface area contributed by atoms with Crippen molar-refractivity contribution < 1.29 is 4.79 Å². The predicted molar refractivity (Wildman–Crippen MR) is 95.0 cm³/mol. The number of halogens is 2. The van der Waals surface area contributed by atoms with E-state index in [4.69, 9.17) is 23.2 Å². The molecule has 4 rings (SSSR count). The second-order valence-corrected chi connectivity index (χ2v) is 6.02. The highest BCUT2D eigenvalue weighted by atomic mass is 35.5. The molecule has 3 aromatic heterocycles. The lowest BCUT2D eigenvalue weighted by Crippen LogP contribution is -2.12. The fourth-order valence-corrected chi connectivity index (χ4v) is 2.83. The van der Waals surface area contributed by atoms with E-state index in [9.17, 15) is 4.79 Å². The summed E-state index contributed by atoms with van der Waals surface area (Å²) in [5, 5.41) is 14.8. The van der Waals surface area contributed by atoms with Gasteiger partial charge in [0.1, 0.15) is 11.3 Å². The summed E-state index contributed by atoms with van der Waals surface area (Å²) in [6, 6.07) is 6.78. The van der Waals surface area contributed by atoms with Crippen LogP contribution < -0.4 is 5.32 Å². The molecule has 0 aliphatic carbocycles. The number of H-pyrrole nitrogens is 1. The fourth-order valence-electron chi connectivity index (χ4n) is 2.45. The summed E-state index contributed by atoms with van der Waals surface area (Å²) in [6.45, 7) is 0. The highest BCUT2D eigenvalue weighted by Crippen LogP contribution is 2.33. The quantitative estimate of drug-likeness (QED) is 0.574. The minimum atomic E-state index is -0.352. The van der Waals surface area contributed by atoms with Gasteiger partial charge in [0, 0.05) is 29.2 Å². The molecule has 0 saturated heterocycles. The molecule has 1 amide bonds. The zero-order chi connectivity index (χ0) is 17.4. The van der Waals surface area contributed by atoms with Crippen LogP contribution in [-0.2, 0) is 0 Å². The Morgan fingerprint density at radius 3 is 3.04 bits per heavy atom. The Hall–Kier alpha value is -2.90. The highest BCUT2D eigenvalue weighted by Gasteiger charge is 2.18. The summed E-state index contributed by atoms with van der Waals surface area (Å²) < 4.78 is 1.53. The van der Waals surface area contributed by atoms with Crippen molar-refractivity contribution in [1.82, 2.24) is 24.8 Å². The van der Waals surface area contributed by atoms with Crippen LogP contribution in [0.25, 0.3) is 16.9 Å². The standard InChI is InChI=1S/C16H10Cl2N6O/c17-9-2-3-12(18)10(6-9)14-13(8-20-23-14)22-16(25)11-7-21-24-5-1-4-19-15(11)24/h1-8H,(H,20,23)(H,22,25). The molecule has 0 radical (unpaired) electrons. The van der Waals surface area contributed by atoms with E-state index >= 15 is 0 Å². The number of aromatic nitrogens is 5. The average molecular weight is 373 g/mol. The van der Waals surface area contributed by atoms with Gasteiger partial charge in [-0.2, -0.15) is 10.2 Å². The second kappa shape index (κ2) is 6.19. The molecule has 0 spiro atoms. The zero-order valence-electron chi connectivity index (χ0n) is 12.6. The summed E-state index contributed by atoms with van der Waals surface area (Å²) in [4.78, 5) is 16.8. The Morgan fingerprint density at radius 2 is 2.16 bits per heavy atom. The smallest absolute Gasteiger partial charge is 0.261 e. The Balaban J connectivity index is 1.69. The van der Waals surface area contributed by atoms with Crippen LogP contribution in [0.5, 0.6) is 0 Å². The van der Waals surface area contributed by atoms with Crippen LogP contribution in [0.3, 0.4) is 0 Å². The van der Waals surface area contributed by atoms with Gasteiger partial charge in [-0.3, -0.25) is 9.89 Å². The van der Waals surface area contributed by atoms with E-state index in [2.05, 4.69) is 25.6 Å². The number of benzene rings is 1. The molecule has 1 aromatic carbocycles. The number of rotatable bonds is 3. The molecule has 9 heteroatoms. The van der Waals surface area contributed by atoms with Crippen LogP contribution in [-0.4, -0.2) is 30.7 Å². The van der Waals surface area contributed by atoms with Crippen molar-refractivity contribution in [2.75, 3.05) is 5.32 Å². The molecule has 0 aliphatic rings. The van der Waals surface area contributed by atoms with Crippen molar-refractivity contribution in [1.29, 1.82) is 0 Å². The maximum Gasteiger partial charge on any atom is 0.261 e. The molecule has 7 nitrogen and oxygen atoms in total. The predicted octanol–water partition coefficient (Wildman–Crippen LogP) is 3.68. The normalized spacial score (nSPS) is 11.0. The summed E-state index contributed by atoms with van der Waals surface area (Å²) in [5.41, 5.74) is 2.40. The molecule has 0 aliphatic heterocycles. The van der Waals surface area contributed by atoms with Crippen LogP contribution in [0, 0.1) is 0 Å².